The average Bonchev–Trinajstić information content (AvgIpc) is 2.70. The van der Waals surface area contributed by atoms with Crippen LogP contribution in [0.1, 0.15) is 0 Å². The van der Waals surface area contributed by atoms with Gasteiger partial charge in [-0.1, -0.05) is 0 Å². The van der Waals surface area contributed by atoms with Gasteiger partial charge in [0.05, 0.1) is 25.1 Å². The first-order valence-electron chi connectivity index (χ1n) is 4.65. The molecule has 1 N–H and O–H groups in total. The van der Waals surface area contributed by atoms with E-state index in [9.17, 15) is 8.42 Å². The second-order valence-corrected chi connectivity index (χ2v) is 5.85. The van der Waals surface area contributed by atoms with Gasteiger partial charge in [-0.3, -0.25) is 0 Å². The van der Waals surface area contributed by atoms with E-state index in [2.05, 4.69) is 4.98 Å². The topological polar surface area (TPSA) is 68.4 Å². The molecule has 17 heavy (non-hydrogen) atoms. The summed E-state index contributed by atoms with van der Waals surface area (Å²) in [6.45, 7) is 0. The van der Waals surface area contributed by atoms with Crippen molar-refractivity contribution >= 4 is 30.6 Å². The van der Waals surface area contributed by atoms with E-state index in [0.717, 1.165) is 0 Å². The van der Waals surface area contributed by atoms with Gasteiger partial charge < -0.3 is 14.5 Å². The van der Waals surface area contributed by atoms with Gasteiger partial charge >= 0.3 is 0 Å². The Morgan fingerprint density at radius 1 is 1.24 bits per heavy atom. The smallest absolute Gasteiger partial charge is 0.263 e. The maximum Gasteiger partial charge on any atom is 0.263 e. The summed E-state index contributed by atoms with van der Waals surface area (Å²) in [4.78, 5) is 2.80. The van der Waals surface area contributed by atoms with Gasteiger partial charge in [-0.15, -0.1) is 0 Å². The van der Waals surface area contributed by atoms with Crippen molar-refractivity contribution in [1.29, 1.82) is 0 Å². The van der Waals surface area contributed by atoms with Gasteiger partial charge in [0.15, 0.2) is 11.5 Å². The second-order valence-electron chi connectivity index (χ2n) is 3.31. The Balaban J connectivity index is 2.90. The van der Waals surface area contributed by atoms with Gasteiger partial charge in [0, 0.05) is 16.9 Å². The van der Waals surface area contributed by atoms with E-state index in [-0.39, 0.29) is 4.90 Å². The zero-order chi connectivity index (χ0) is 12.6. The number of nitrogens with one attached hydrogen (secondary N) is 1. The predicted octanol–water partition coefficient (Wildman–Crippen LogP) is 2.11. The van der Waals surface area contributed by atoms with Gasteiger partial charge in [-0.05, 0) is 12.1 Å². The van der Waals surface area contributed by atoms with Crippen LogP contribution in [0.4, 0.5) is 0 Å². The number of hydrogen-bond donors (Lipinski definition) is 1. The van der Waals surface area contributed by atoms with Crippen molar-refractivity contribution in [2.75, 3.05) is 14.2 Å². The van der Waals surface area contributed by atoms with Gasteiger partial charge in [-0.25, -0.2) is 8.42 Å². The van der Waals surface area contributed by atoms with E-state index in [4.69, 9.17) is 20.2 Å². The Morgan fingerprint density at radius 2 is 1.94 bits per heavy atom. The number of hydrogen-bond acceptors (Lipinski definition) is 4. The number of benzene rings is 1. The molecule has 0 aliphatic heterocycles. The number of aromatic nitrogens is 1. The van der Waals surface area contributed by atoms with E-state index in [1.165, 1.54) is 20.4 Å². The van der Waals surface area contributed by atoms with Crippen LogP contribution in [0.25, 0.3) is 10.9 Å². The van der Waals surface area contributed by atoms with Gasteiger partial charge in [0.25, 0.3) is 9.05 Å². The van der Waals surface area contributed by atoms with Crippen LogP contribution in [0.2, 0.25) is 0 Å². The summed E-state index contributed by atoms with van der Waals surface area (Å²) in [6.07, 6.45) is 1.33. The summed E-state index contributed by atoms with van der Waals surface area (Å²) >= 11 is 0. The third kappa shape index (κ3) is 1.94. The lowest BCUT2D eigenvalue weighted by atomic mass is 10.2. The maximum absolute atomic E-state index is 11.4. The van der Waals surface area contributed by atoms with Crippen LogP contribution in [0, 0.1) is 0 Å². The highest BCUT2D eigenvalue weighted by atomic mass is 35.7. The molecule has 92 valence electrons. The van der Waals surface area contributed by atoms with Crippen LogP contribution in [-0.4, -0.2) is 27.6 Å². The predicted molar refractivity (Wildman–Crippen MR) is 64.4 cm³/mol. The van der Waals surface area contributed by atoms with Crippen molar-refractivity contribution in [3.05, 3.63) is 18.3 Å². The highest BCUT2D eigenvalue weighted by molar-refractivity contribution is 8.14. The number of ether oxygens (including phenoxy) is 2. The standard InChI is InChI=1S/C10H10ClNO4S/c1-15-7-4-3-6-9(10(7)16-2)8(5-12-6)17(11,13)14/h3-5,12H,1-2H3. The third-order valence-electron chi connectivity index (χ3n) is 2.41. The molecule has 0 radical (unpaired) electrons. The first-order valence-corrected chi connectivity index (χ1v) is 6.96. The Morgan fingerprint density at radius 3 is 2.47 bits per heavy atom. The van der Waals surface area contributed by atoms with Crippen molar-refractivity contribution in [2.24, 2.45) is 0 Å². The molecule has 1 heterocycles. The Kier molecular flexibility index (Phi) is 2.92. The molecule has 5 nitrogen and oxygen atoms in total. The van der Waals surface area contributed by atoms with Crippen molar-refractivity contribution in [3.8, 4) is 11.5 Å². The molecule has 0 fully saturated rings. The zero-order valence-corrected chi connectivity index (χ0v) is 10.7. The molecule has 0 saturated carbocycles. The van der Waals surface area contributed by atoms with Crippen LogP contribution in [0.15, 0.2) is 23.2 Å². The van der Waals surface area contributed by atoms with Gasteiger partial charge in [-0.2, -0.15) is 0 Å². The summed E-state index contributed by atoms with van der Waals surface area (Å²) < 4.78 is 33.1. The fourth-order valence-electron chi connectivity index (χ4n) is 1.70. The fourth-order valence-corrected chi connectivity index (χ4v) is 2.71. The van der Waals surface area contributed by atoms with E-state index < -0.39 is 9.05 Å². The van der Waals surface area contributed by atoms with Gasteiger partial charge in [0.1, 0.15) is 4.90 Å². The molecule has 1 aromatic carbocycles. The normalized spacial score (nSPS) is 11.7. The Labute approximate surface area is 103 Å². The quantitative estimate of drug-likeness (QED) is 0.871. The second kappa shape index (κ2) is 4.12. The molecule has 2 aromatic rings. The lowest BCUT2D eigenvalue weighted by molar-refractivity contribution is 0.358. The van der Waals surface area contributed by atoms with E-state index in [1.54, 1.807) is 12.1 Å². The van der Waals surface area contributed by atoms with E-state index in [0.29, 0.717) is 22.4 Å². The molecule has 7 heteroatoms. The number of H-pyrrole nitrogens is 1. The highest BCUT2D eigenvalue weighted by Crippen LogP contribution is 2.39. The highest BCUT2D eigenvalue weighted by Gasteiger charge is 2.21. The Hall–Kier alpha value is -1.40. The van der Waals surface area contributed by atoms with Crippen LogP contribution in [0.3, 0.4) is 0 Å². The lowest BCUT2D eigenvalue weighted by Gasteiger charge is -2.08. The minimum Gasteiger partial charge on any atom is -0.493 e. The molecule has 0 bridgehead atoms. The molecular weight excluding hydrogens is 266 g/mol. The van der Waals surface area contributed by atoms with Crippen LogP contribution in [0.5, 0.6) is 11.5 Å². The summed E-state index contributed by atoms with van der Waals surface area (Å²) in [5, 5.41) is 0.391. The molecule has 0 atom stereocenters. The molecule has 0 saturated heterocycles. The maximum atomic E-state index is 11.4. The molecular formula is C10H10ClNO4S. The fraction of sp³-hybridized carbons (Fsp3) is 0.200. The van der Waals surface area contributed by atoms with Crippen molar-refractivity contribution < 1.29 is 17.9 Å². The van der Waals surface area contributed by atoms with Gasteiger partial charge in [0.2, 0.25) is 0 Å². The molecule has 0 unspecified atom stereocenters. The Bertz CT molecular complexity index is 662. The minimum atomic E-state index is -3.84. The van der Waals surface area contributed by atoms with E-state index >= 15 is 0 Å². The number of aromatic amines is 1. The number of methoxy groups -OCH3 is 2. The number of halogens is 1. The van der Waals surface area contributed by atoms with Crippen molar-refractivity contribution in [2.45, 2.75) is 4.90 Å². The summed E-state index contributed by atoms with van der Waals surface area (Å²) in [6, 6.07) is 3.38. The average molecular weight is 276 g/mol. The molecule has 1 aromatic heterocycles. The largest absolute Gasteiger partial charge is 0.493 e. The first-order chi connectivity index (χ1) is 7.99. The summed E-state index contributed by atoms with van der Waals surface area (Å²) in [5.74, 6) is 0.784. The summed E-state index contributed by atoms with van der Waals surface area (Å²) in [7, 11) is 4.44. The molecule has 2 rings (SSSR count). The molecule has 0 aliphatic rings. The van der Waals surface area contributed by atoms with Crippen LogP contribution < -0.4 is 9.47 Å². The van der Waals surface area contributed by atoms with Crippen LogP contribution in [-0.2, 0) is 9.05 Å². The summed E-state index contributed by atoms with van der Waals surface area (Å²) in [5.41, 5.74) is 0.613. The lowest BCUT2D eigenvalue weighted by Crippen LogP contribution is -1.94. The SMILES string of the molecule is COc1ccc2[nH]cc(S(=O)(=O)Cl)c2c1OC. The number of fused-ring (bicyclic) bond motifs is 1. The molecule has 0 spiro atoms. The minimum absolute atomic E-state index is 0.0232. The van der Waals surface area contributed by atoms with Crippen LogP contribution >= 0.6 is 10.7 Å². The van der Waals surface area contributed by atoms with E-state index in [1.807, 2.05) is 0 Å². The monoisotopic (exact) mass is 275 g/mol. The van der Waals surface area contributed by atoms with Crippen molar-refractivity contribution in [1.82, 2.24) is 4.98 Å². The first kappa shape index (κ1) is 12.1. The third-order valence-corrected chi connectivity index (χ3v) is 3.76. The number of rotatable bonds is 3. The van der Waals surface area contributed by atoms with Crippen molar-refractivity contribution in [3.63, 3.8) is 0 Å². The zero-order valence-electron chi connectivity index (χ0n) is 9.15. The molecule has 0 aliphatic carbocycles. The molecule has 0 amide bonds.